The zero-order chi connectivity index (χ0) is 25.9. The van der Waals surface area contributed by atoms with E-state index in [-0.39, 0.29) is 16.4 Å². The molecule has 3 heterocycles. The van der Waals surface area contributed by atoms with Gasteiger partial charge in [-0.1, -0.05) is 18.3 Å². The first-order valence-corrected chi connectivity index (χ1v) is 12.7. The molecular weight excluding hydrogens is 516 g/mol. The molecule has 0 aliphatic carbocycles. The van der Waals surface area contributed by atoms with Gasteiger partial charge in [-0.05, 0) is 42.5 Å². The van der Waals surface area contributed by atoms with Crippen molar-refractivity contribution >= 4 is 56.6 Å². The topological polar surface area (TPSA) is 140 Å². The highest BCUT2D eigenvalue weighted by Crippen LogP contribution is 2.28. The van der Waals surface area contributed by atoms with Gasteiger partial charge in [-0.25, -0.2) is 0 Å². The minimum absolute atomic E-state index is 0.0727. The number of aromatic nitrogens is 4. The van der Waals surface area contributed by atoms with E-state index >= 15 is 0 Å². The molecule has 0 bridgehead atoms. The van der Waals surface area contributed by atoms with Crippen LogP contribution in [0.25, 0.3) is 15.5 Å². The molecule has 0 spiro atoms. The van der Waals surface area contributed by atoms with Gasteiger partial charge in [0, 0.05) is 42.9 Å². The summed E-state index contributed by atoms with van der Waals surface area (Å²) in [4.78, 5) is 26.6. The SMILES string of the molecule is CCc1nnc2sc(-c3ccc(NC(=S)NC(=O)c4cc([N+](=O)[O-])ccc4N4CCOCC4)cc3)nn12. The van der Waals surface area contributed by atoms with E-state index in [2.05, 4.69) is 25.9 Å². The highest BCUT2D eigenvalue weighted by Gasteiger charge is 2.23. The fourth-order valence-corrected chi connectivity index (χ4v) is 5.00. The molecule has 14 heteroatoms. The number of amides is 1. The second-order valence-electron chi connectivity index (χ2n) is 8.11. The van der Waals surface area contributed by atoms with Crippen molar-refractivity contribution in [1.29, 1.82) is 0 Å². The van der Waals surface area contributed by atoms with Gasteiger partial charge in [-0.2, -0.15) is 9.61 Å². The fourth-order valence-electron chi connectivity index (χ4n) is 3.92. The van der Waals surface area contributed by atoms with Crippen molar-refractivity contribution < 1.29 is 14.5 Å². The van der Waals surface area contributed by atoms with Crippen LogP contribution in [-0.2, 0) is 11.2 Å². The molecule has 4 aromatic rings. The Morgan fingerprint density at radius 2 is 1.95 bits per heavy atom. The standard InChI is InChI=1S/C23H22N8O4S2/c1-2-19-26-27-23-30(19)28-21(37-23)14-3-5-15(6-4-14)24-22(36)25-20(32)17-13-16(31(33)34)7-8-18(17)29-9-11-35-12-10-29/h3-8,13H,2,9-12H2,1H3,(H2,24,25,32,36). The van der Waals surface area contributed by atoms with E-state index in [0.29, 0.717) is 37.7 Å². The molecule has 1 fully saturated rings. The third-order valence-electron chi connectivity index (χ3n) is 5.78. The number of carbonyl (C=O) groups is 1. The Balaban J connectivity index is 1.28. The number of anilines is 2. The number of morpholine rings is 1. The fraction of sp³-hybridized carbons (Fsp3) is 0.261. The van der Waals surface area contributed by atoms with Crippen LogP contribution in [0.4, 0.5) is 17.1 Å². The second-order valence-corrected chi connectivity index (χ2v) is 9.48. The Morgan fingerprint density at radius 3 is 2.65 bits per heavy atom. The van der Waals surface area contributed by atoms with Crippen LogP contribution in [0.3, 0.4) is 0 Å². The molecule has 2 aromatic carbocycles. The number of hydrogen-bond acceptors (Lipinski definition) is 10. The van der Waals surface area contributed by atoms with Crippen LogP contribution in [0, 0.1) is 10.1 Å². The third kappa shape index (κ3) is 5.26. The summed E-state index contributed by atoms with van der Waals surface area (Å²) in [7, 11) is 0. The maximum Gasteiger partial charge on any atom is 0.270 e. The summed E-state index contributed by atoms with van der Waals surface area (Å²) in [6.07, 6.45) is 0.737. The van der Waals surface area contributed by atoms with Gasteiger partial charge in [0.15, 0.2) is 10.9 Å². The maximum absolute atomic E-state index is 13.1. The van der Waals surface area contributed by atoms with Crippen LogP contribution in [0.15, 0.2) is 42.5 Å². The van der Waals surface area contributed by atoms with E-state index < -0.39 is 10.8 Å². The number of fused-ring (bicyclic) bond motifs is 1. The maximum atomic E-state index is 13.1. The van der Waals surface area contributed by atoms with Crippen LogP contribution in [-0.4, -0.2) is 62.1 Å². The number of nitrogens with one attached hydrogen (secondary N) is 2. The average Bonchev–Trinajstić information content (AvgIpc) is 3.50. The summed E-state index contributed by atoms with van der Waals surface area (Å²) in [5, 5.41) is 30.7. The molecule has 190 valence electrons. The minimum Gasteiger partial charge on any atom is -0.378 e. The highest BCUT2D eigenvalue weighted by molar-refractivity contribution is 7.80. The third-order valence-corrected chi connectivity index (χ3v) is 6.93. The molecule has 5 rings (SSSR count). The van der Waals surface area contributed by atoms with Crippen molar-refractivity contribution in [3.63, 3.8) is 0 Å². The van der Waals surface area contributed by atoms with E-state index in [1.165, 1.54) is 23.5 Å². The number of nitro benzene ring substituents is 1. The van der Waals surface area contributed by atoms with Crippen LogP contribution in [0.2, 0.25) is 0 Å². The Morgan fingerprint density at radius 1 is 1.19 bits per heavy atom. The summed E-state index contributed by atoms with van der Waals surface area (Å²) >= 11 is 6.79. The zero-order valence-electron chi connectivity index (χ0n) is 19.7. The molecule has 0 atom stereocenters. The monoisotopic (exact) mass is 538 g/mol. The molecular formula is C23H22N8O4S2. The minimum atomic E-state index is -0.536. The summed E-state index contributed by atoms with van der Waals surface area (Å²) in [6, 6.07) is 11.7. The van der Waals surface area contributed by atoms with Gasteiger partial charge < -0.3 is 15.0 Å². The van der Waals surface area contributed by atoms with Crippen LogP contribution in [0.5, 0.6) is 0 Å². The van der Waals surface area contributed by atoms with Crippen molar-refractivity contribution in [1.82, 2.24) is 25.1 Å². The molecule has 12 nitrogen and oxygen atoms in total. The van der Waals surface area contributed by atoms with E-state index in [4.69, 9.17) is 17.0 Å². The number of ether oxygens (including phenoxy) is 1. The number of nitrogens with zero attached hydrogens (tertiary/aromatic N) is 6. The largest absolute Gasteiger partial charge is 0.378 e. The molecule has 2 N–H and O–H groups in total. The highest BCUT2D eigenvalue weighted by atomic mass is 32.1. The molecule has 1 saturated heterocycles. The van der Waals surface area contributed by atoms with E-state index in [0.717, 1.165) is 27.8 Å². The number of rotatable bonds is 6. The molecule has 2 aromatic heterocycles. The Bertz CT molecular complexity index is 1480. The van der Waals surface area contributed by atoms with Crippen LogP contribution < -0.4 is 15.5 Å². The molecule has 0 unspecified atom stereocenters. The van der Waals surface area contributed by atoms with Gasteiger partial charge in [-0.15, -0.1) is 10.2 Å². The van der Waals surface area contributed by atoms with Gasteiger partial charge in [0.25, 0.3) is 11.6 Å². The predicted molar refractivity (Wildman–Crippen MR) is 143 cm³/mol. The van der Waals surface area contributed by atoms with Crippen molar-refractivity contribution in [2.24, 2.45) is 0 Å². The number of non-ortho nitro benzene ring substituents is 1. The molecule has 37 heavy (non-hydrogen) atoms. The van der Waals surface area contributed by atoms with Crippen molar-refractivity contribution in [2.45, 2.75) is 13.3 Å². The summed E-state index contributed by atoms with van der Waals surface area (Å²) in [6.45, 7) is 4.18. The van der Waals surface area contributed by atoms with Crippen molar-refractivity contribution in [3.05, 3.63) is 64.0 Å². The molecule has 0 saturated carbocycles. The van der Waals surface area contributed by atoms with Gasteiger partial charge >= 0.3 is 0 Å². The van der Waals surface area contributed by atoms with Crippen LogP contribution >= 0.6 is 23.6 Å². The number of thiocarbonyl (C=S) groups is 1. The van der Waals surface area contributed by atoms with Crippen molar-refractivity contribution in [3.8, 4) is 10.6 Å². The van der Waals surface area contributed by atoms with Crippen LogP contribution in [0.1, 0.15) is 23.1 Å². The van der Waals surface area contributed by atoms with Gasteiger partial charge in [-0.3, -0.25) is 20.2 Å². The number of carbonyl (C=O) groups excluding carboxylic acids is 1. The first-order valence-electron chi connectivity index (χ1n) is 11.5. The molecule has 0 radical (unpaired) electrons. The summed E-state index contributed by atoms with van der Waals surface area (Å²) in [5.74, 6) is 0.267. The Labute approximate surface area is 220 Å². The lowest BCUT2D eigenvalue weighted by Crippen LogP contribution is -2.39. The quantitative estimate of drug-likeness (QED) is 0.213. The Kier molecular flexibility index (Phi) is 7.03. The molecule has 1 amide bonds. The average molecular weight is 539 g/mol. The van der Waals surface area contributed by atoms with Gasteiger partial charge in [0.1, 0.15) is 5.01 Å². The van der Waals surface area contributed by atoms with Gasteiger partial charge in [0.05, 0.1) is 29.4 Å². The number of nitro groups is 1. The normalized spacial score (nSPS) is 13.5. The van der Waals surface area contributed by atoms with E-state index in [1.807, 2.05) is 36.1 Å². The Hall–Kier alpha value is -4.01. The van der Waals surface area contributed by atoms with E-state index in [9.17, 15) is 14.9 Å². The van der Waals surface area contributed by atoms with E-state index in [1.54, 1.807) is 10.6 Å². The number of aryl methyl sites for hydroxylation is 1. The predicted octanol–water partition coefficient (Wildman–Crippen LogP) is 3.29. The smallest absolute Gasteiger partial charge is 0.270 e. The molecule has 1 aliphatic heterocycles. The molecule has 1 aliphatic rings. The first-order chi connectivity index (χ1) is 17.9. The number of benzene rings is 2. The summed E-state index contributed by atoms with van der Waals surface area (Å²) < 4.78 is 7.13. The zero-order valence-corrected chi connectivity index (χ0v) is 21.3. The lowest BCUT2D eigenvalue weighted by molar-refractivity contribution is -0.384. The van der Waals surface area contributed by atoms with Gasteiger partial charge in [0.2, 0.25) is 4.96 Å². The summed E-state index contributed by atoms with van der Waals surface area (Å²) in [5.41, 5.74) is 2.16. The second kappa shape index (κ2) is 10.5. The lowest BCUT2D eigenvalue weighted by atomic mass is 10.1. The first kappa shape index (κ1) is 24.7. The number of hydrogen-bond donors (Lipinski definition) is 2. The lowest BCUT2D eigenvalue weighted by Gasteiger charge is -2.30. The van der Waals surface area contributed by atoms with Crippen molar-refractivity contribution in [2.75, 3.05) is 36.5 Å².